The maximum absolute atomic E-state index is 11.0. The highest BCUT2D eigenvalue weighted by atomic mass is 16.4. The summed E-state index contributed by atoms with van der Waals surface area (Å²) in [4.78, 5) is 11.0. The molecule has 0 aliphatic heterocycles. The number of carboxylic acids is 1. The van der Waals surface area contributed by atoms with Crippen LogP contribution in [0.4, 0.5) is 0 Å². The molecule has 1 fully saturated rings. The minimum Gasteiger partial charge on any atom is -0.478 e. The monoisotopic (exact) mass is 275 g/mol. The second-order valence-electron chi connectivity index (χ2n) is 5.32. The van der Waals surface area contributed by atoms with Crippen molar-refractivity contribution in [1.29, 1.82) is 0 Å². The van der Waals surface area contributed by atoms with Crippen LogP contribution >= 0.6 is 0 Å². The Bertz CT molecular complexity index is 638. The Kier molecular flexibility index (Phi) is 3.40. The highest BCUT2D eigenvalue weighted by Crippen LogP contribution is 2.29. The molecule has 0 amide bonds. The standard InChI is InChI=1S/C14H17N3O3/c18-13-5-3-1-2-4-12(13)17-11-7-6-9(14(19)20)8-10(11)15-16-17/h6-8,12-13,18H,1-5H2,(H,19,20). The quantitative estimate of drug-likeness (QED) is 0.818. The topological polar surface area (TPSA) is 88.2 Å². The van der Waals surface area contributed by atoms with E-state index in [0.29, 0.717) is 5.52 Å². The van der Waals surface area contributed by atoms with E-state index >= 15 is 0 Å². The van der Waals surface area contributed by atoms with Crippen molar-refractivity contribution in [2.45, 2.75) is 44.2 Å². The van der Waals surface area contributed by atoms with Crippen molar-refractivity contribution in [1.82, 2.24) is 15.0 Å². The fourth-order valence-corrected chi connectivity index (χ4v) is 2.87. The van der Waals surface area contributed by atoms with Gasteiger partial charge in [-0.2, -0.15) is 0 Å². The van der Waals surface area contributed by atoms with Crippen molar-refractivity contribution >= 4 is 17.0 Å². The fraction of sp³-hybridized carbons (Fsp3) is 0.500. The third kappa shape index (κ3) is 2.27. The van der Waals surface area contributed by atoms with Crippen LogP contribution in [0.2, 0.25) is 0 Å². The Morgan fingerprint density at radius 2 is 2.05 bits per heavy atom. The highest BCUT2D eigenvalue weighted by molar-refractivity contribution is 5.92. The first-order chi connectivity index (χ1) is 9.66. The number of hydrogen-bond donors (Lipinski definition) is 2. The lowest BCUT2D eigenvalue weighted by Gasteiger charge is -2.20. The normalized spacial score (nSPS) is 23.6. The first kappa shape index (κ1) is 13.1. The number of benzene rings is 1. The number of aromatic nitrogens is 3. The molecule has 1 heterocycles. The summed E-state index contributed by atoms with van der Waals surface area (Å²) in [6, 6.07) is 4.71. The summed E-state index contributed by atoms with van der Waals surface area (Å²) >= 11 is 0. The van der Waals surface area contributed by atoms with Gasteiger partial charge >= 0.3 is 5.97 Å². The predicted molar refractivity (Wildman–Crippen MR) is 72.6 cm³/mol. The molecule has 106 valence electrons. The Labute approximate surface area is 116 Å². The number of nitrogens with zero attached hydrogens (tertiary/aromatic N) is 3. The molecular weight excluding hydrogens is 258 g/mol. The van der Waals surface area contributed by atoms with Gasteiger partial charge in [0.05, 0.1) is 23.2 Å². The van der Waals surface area contributed by atoms with Crippen molar-refractivity contribution in [3.63, 3.8) is 0 Å². The van der Waals surface area contributed by atoms with E-state index in [1.165, 1.54) is 6.07 Å². The molecule has 1 saturated carbocycles. The van der Waals surface area contributed by atoms with Crippen LogP contribution in [0.3, 0.4) is 0 Å². The van der Waals surface area contributed by atoms with Crippen LogP contribution in [0.15, 0.2) is 18.2 Å². The summed E-state index contributed by atoms with van der Waals surface area (Å²) in [6.07, 6.45) is 4.47. The lowest BCUT2D eigenvalue weighted by atomic mass is 10.1. The second kappa shape index (κ2) is 5.20. The molecule has 6 nitrogen and oxygen atoms in total. The zero-order chi connectivity index (χ0) is 14.1. The van der Waals surface area contributed by atoms with E-state index in [0.717, 1.165) is 37.6 Å². The number of fused-ring (bicyclic) bond motifs is 1. The number of aliphatic hydroxyl groups excluding tert-OH is 1. The summed E-state index contributed by atoms with van der Waals surface area (Å²) < 4.78 is 1.75. The Morgan fingerprint density at radius 1 is 1.25 bits per heavy atom. The molecule has 2 N–H and O–H groups in total. The molecule has 2 aromatic rings. The predicted octanol–water partition coefficient (Wildman–Crippen LogP) is 2.00. The Balaban J connectivity index is 2.01. The molecule has 1 aliphatic rings. The van der Waals surface area contributed by atoms with Crippen molar-refractivity contribution in [3.05, 3.63) is 23.8 Å². The van der Waals surface area contributed by atoms with Crippen LogP contribution in [0.25, 0.3) is 11.0 Å². The highest BCUT2D eigenvalue weighted by Gasteiger charge is 2.25. The number of carbonyl (C=O) groups is 1. The molecule has 2 unspecified atom stereocenters. The molecule has 1 aliphatic carbocycles. The molecule has 1 aromatic carbocycles. The van der Waals surface area contributed by atoms with Gasteiger partial charge in [-0.05, 0) is 31.0 Å². The van der Waals surface area contributed by atoms with Gasteiger partial charge in [0.15, 0.2) is 0 Å². The molecule has 0 spiro atoms. The molecule has 3 rings (SSSR count). The maximum Gasteiger partial charge on any atom is 0.335 e. The Morgan fingerprint density at radius 3 is 2.85 bits per heavy atom. The minimum absolute atomic E-state index is 0.0711. The number of aliphatic hydroxyl groups is 1. The summed E-state index contributed by atoms with van der Waals surface area (Å²) in [5, 5.41) is 27.4. The van der Waals surface area contributed by atoms with Crippen LogP contribution in [0.1, 0.15) is 48.5 Å². The van der Waals surface area contributed by atoms with E-state index in [9.17, 15) is 9.90 Å². The average Bonchev–Trinajstić information content (AvgIpc) is 2.73. The summed E-state index contributed by atoms with van der Waals surface area (Å²) in [7, 11) is 0. The summed E-state index contributed by atoms with van der Waals surface area (Å²) in [5.74, 6) is -0.976. The lowest BCUT2D eigenvalue weighted by molar-refractivity contribution is 0.0697. The third-order valence-corrected chi connectivity index (χ3v) is 3.98. The SMILES string of the molecule is O=C(O)c1ccc2c(c1)nnn2C1CCCCCC1O. The number of rotatable bonds is 2. The van der Waals surface area contributed by atoms with Gasteiger partial charge in [0.25, 0.3) is 0 Å². The Hall–Kier alpha value is -1.95. The maximum atomic E-state index is 11.0. The van der Waals surface area contributed by atoms with Crippen LogP contribution in [-0.4, -0.2) is 37.3 Å². The first-order valence-electron chi connectivity index (χ1n) is 6.93. The van der Waals surface area contributed by atoms with E-state index in [1.807, 2.05) is 0 Å². The van der Waals surface area contributed by atoms with Crippen molar-refractivity contribution in [2.75, 3.05) is 0 Å². The van der Waals surface area contributed by atoms with E-state index in [1.54, 1.807) is 16.8 Å². The third-order valence-electron chi connectivity index (χ3n) is 3.98. The molecule has 0 radical (unpaired) electrons. The van der Waals surface area contributed by atoms with E-state index < -0.39 is 12.1 Å². The van der Waals surface area contributed by atoms with Gasteiger partial charge in [0.1, 0.15) is 5.52 Å². The van der Waals surface area contributed by atoms with E-state index in [-0.39, 0.29) is 11.6 Å². The number of aromatic carboxylic acids is 1. The number of carboxylic acid groups (broad SMARTS) is 1. The van der Waals surface area contributed by atoms with Gasteiger partial charge in [-0.25, -0.2) is 9.48 Å². The fourth-order valence-electron chi connectivity index (χ4n) is 2.87. The average molecular weight is 275 g/mol. The van der Waals surface area contributed by atoms with Crippen LogP contribution in [0.5, 0.6) is 0 Å². The minimum atomic E-state index is -0.976. The molecule has 1 aromatic heterocycles. The summed E-state index contributed by atoms with van der Waals surface area (Å²) in [6.45, 7) is 0. The molecule has 0 saturated heterocycles. The number of hydrogen-bond acceptors (Lipinski definition) is 4. The van der Waals surface area contributed by atoms with Gasteiger partial charge in [-0.3, -0.25) is 0 Å². The van der Waals surface area contributed by atoms with Crippen LogP contribution in [0, 0.1) is 0 Å². The van der Waals surface area contributed by atoms with E-state index in [4.69, 9.17) is 5.11 Å². The first-order valence-corrected chi connectivity index (χ1v) is 6.93. The van der Waals surface area contributed by atoms with E-state index in [2.05, 4.69) is 10.3 Å². The second-order valence-corrected chi connectivity index (χ2v) is 5.32. The van der Waals surface area contributed by atoms with Gasteiger partial charge < -0.3 is 10.2 Å². The van der Waals surface area contributed by atoms with Crippen LogP contribution < -0.4 is 0 Å². The molecular formula is C14H17N3O3. The van der Waals surface area contributed by atoms with Gasteiger partial charge in [0, 0.05) is 0 Å². The van der Waals surface area contributed by atoms with Crippen molar-refractivity contribution < 1.29 is 15.0 Å². The molecule has 2 atom stereocenters. The van der Waals surface area contributed by atoms with Gasteiger partial charge in [-0.1, -0.05) is 24.5 Å². The summed E-state index contributed by atoms with van der Waals surface area (Å²) in [5.41, 5.74) is 1.54. The molecule has 0 bridgehead atoms. The lowest BCUT2D eigenvalue weighted by Crippen LogP contribution is -2.24. The van der Waals surface area contributed by atoms with Gasteiger partial charge in [0.2, 0.25) is 0 Å². The van der Waals surface area contributed by atoms with Crippen molar-refractivity contribution in [2.24, 2.45) is 0 Å². The largest absolute Gasteiger partial charge is 0.478 e. The zero-order valence-electron chi connectivity index (χ0n) is 11.1. The van der Waals surface area contributed by atoms with Crippen LogP contribution in [-0.2, 0) is 0 Å². The zero-order valence-corrected chi connectivity index (χ0v) is 11.1. The smallest absolute Gasteiger partial charge is 0.335 e. The molecule has 6 heteroatoms. The van der Waals surface area contributed by atoms with Crippen molar-refractivity contribution in [3.8, 4) is 0 Å². The molecule has 20 heavy (non-hydrogen) atoms. The van der Waals surface area contributed by atoms with Gasteiger partial charge in [-0.15, -0.1) is 5.10 Å².